The molecule has 0 spiro atoms. The minimum absolute atomic E-state index is 0.175. The lowest BCUT2D eigenvalue weighted by Crippen LogP contribution is -2.45. The number of carboxylic acid groups (broad SMARTS) is 1. The fourth-order valence-electron chi connectivity index (χ4n) is 1.23. The number of allylic oxidation sites excluding steroid dienone is 1. The first-order valence-corrected chi connectivity index (χ1v) is 5.84. The van der Waals surface area contributed by atoms with Gasteiger partial charge in [-0.15, -0.1) is 6.58 Å². The van der Waals surface area contributed by atoms with Crippen LogP contribution in [0, 0.1) is 11.3 Å². The first-order valence-electron chi connectivity index (χ1n) is 5.84. The highest BCUT2D eigenvalue weighted by atomic mass is 16.4. The number of carbonyl (C=O) groups is 2. The molecule has 0 fully saturated rings. The zero-order chi connectivity index (χ0) is 13.6. The molecule has 0 aliphatic rings. The molecule has 0 aromatic carbocycles. The van der Waals surface area contributed by atoms with Crippen molar-refractivity contribution in [3.05, 3.63) is 12.7 Å². The maximum atomic E-state index is 11.9. The van der Waals surface area contributed by atoms with Crippen molar-refractivity contribution in [3.63, 3.8) is 0 Å². The van der Waals surface area contributed by atoms with Crippen LogP contribution in [-0.2, 0) is 9.59 Å². The van der Waals surface area contributed by atoms with Gasteiger partial charge in [0.15, 0.2) is 0 Å². The van der Waals surface area contributed by atoms with Crippen LogP contribution >= 0.6 is 0 Å². The largest absolute Gasteiger partial charge is 0.480 e. The van der Waals surface area contributed by atoms with Crippen LogP contribution < -0.4 is 5.32 Å². The first kappa shape index (κ1) is 15.7. The third-order valence-electron chi connectivity index (χ3n) is 2.97. The number of hydrogen-bond acceptors (Lipinski definition) is 2. The molecule has 0 rings (SSSR count). The van der Waals surface area contributed by atoms with E-state index < -0.39 is 12.0 Å². The predicted molar refractivity (Wildman–Crippen MR) is 67.6 cm³/mol. The fraction of sp³-hybridized carbons (Fsp3) is 0.692. The van der Waals surface area contributed by atoms with Gasteiger partial charge in [-0.25, -0.2) is 4.79 Å². The average molecular weight is 241 g/mol. The van der Waals surface area contributed by atoms with Crippen LogP contribution in [0.3, 0.4) is 0 Å². The topological polar surface area (TPSA) is 66.4 Å². The molecule has 0 saturated heterocycles. The molecule has 2 atom stereocenters. The van der Waals surface area contributed by atoms with E-state index in [4.69, 9.17) is 5.11 Å². The number of rotatable bonds is 6. The molecule has 0 aromatic heterocycles. The van der Waals surface area contributed by atoms with E-state index in [0.717, 1.165) is 0 Å². The summed E-state index contributed by atoms with van der Waals surface area (Å²) in [6, 6.07) is -0.828. The Balaban J connectivity index is 4.50. The molecule has 1 amide bonds. The highest BCUT2D eigenvalue weighted by molar-refractivity contribution is 5.85. The van der Waals surface area contributed by atoms with E-state index in [1.807, 2.05) is 27.7 Å². The highest BCUT2D eigenvalue weighted by Gasteiger charge is 2.29. The van der Waals surface area contributed by atoms with Gasteiger partial charge in [-0.1, -0.05) is 33.8 Å². The van der Waals surface area contributed by atoms with E-state index in [1.54, 1.807) is 6.08 Å². The SMILES string of the molecule is C=CCCC(NC(=O)C(C)C(C)(C)C)C(=O)O. The summed E-state index contributed by atoms with van der Waals surface area (Å²) in [6.45, 7) is 11.2. The second-order valence-electron chi connectivity index (χ2n) is 5.35. The summed E-state index contributed by atoms with van der Waals surface area (Å²) in [6.07, 6.45) is 2.60. The highest BCUT2D eigenvalue weighted by Crippen LogP contribution is 2.25. The van der Waals surface area contributed by atoms with Gasteiger partial charge in [0.1, 0.15) is 6.04 Å². The van der Waals surface area contributed by atoms with E-state index in [2.05, 4.69) is 11.9 Å². The predicted octanol–water partition coefficient (Wildman–Crippen LogP) is 2.20. The first-order chi connectivity index (χ1) is 7.70. The lowest BCUT2D eigenvalue weighted by atomic mass is 9.81. The lowest BCUT2D eigenvalue weighted by molar-refractivity contribution is -0.143. The van der Waals surface area contributed by atoms with E-state index >= 15 is 0 Å². The molecule has 0 saturated carbocycles. The smallest absolute Gasteiger partial charge is 0.326 e. The van der Waals surface area contributed by atoms with Crippen molar-refractivity contribution in [3.8, 4) is 0 Å². The molecule has 0 aliphatic heterocycles. The Labute approximate surface area is 103 Å². The van der Waals surface area contributed by atoms with E-state index in [-0.39, 0.29) is 17.2 Å². The Morgan fingerprint density at radius 3 is 2.29 bits per heavy atom. The Bertz CT molecular complexity index is 292. The van der Waals surface area contributed by atoms with Crippen molar-refractivity contribution in [1.29, 1.82) is 0 Å². The minimum atomic E-state index is -0.999. The summed E-state index contributed by atoms with van der Waals surface area (Å²) in [5.74, 6) is -1.44. The summed E-state index contributed by atoms with van der Waals surface area (Å²) in [7, 11) is 0. The van der Waals surface area contributed by atoms with Gasteiger partial charge in [-0.05, 0) is 18.3 Å². The molecule has 2 N–H and O–H groups in total. The molecule has 0 aromatic rings. The molecular weight excluding hydrogens is 218 g/mol. The molecule has 0 aliphatic carbocycles. The Morgan fingerprint density at radius 2 is 1.94 bits per heavy atom. The summed E-state index contributed by atoms with van der Waals surface area (Å²) in [5, 5.41) is 11.6. The maximum absolute atomic E-state index is 11.9. The van der Waals surface area contributed by atoms with Crippen molar-refractivity contribution in [2.75, 3.05) is 0 Å². The number of nitrogens with one attached hydrogen (secondary N) is 1. The van der Waals surface area contributed by atoms with E-state index in [9.17, 15) is 9.59 Å². The Hall–Kier alpha value is -1.32. The number of carbonyl (C=O) groups excluding carboxylic acids is 1. The van der Waals surface area contributed by atoms with Gasteiger partial charge in [0, 0.05) is 5.92 Å². The molecule has 4 nitrogen and oxygen atoms in total. The molecule has 98 valence electrons. The van der Waals surface area contributed by atoms with Crippen LogP contribution in [0.4, 0.5) is 0 Å². The van der Waals surface area contributed by atoms with E-state index in [1.165, 1.54) is 0 Å². The van der Waals surface area contributed by atoms with Gasteiger partial charge in [0.2, 0.25) is 5.91 Å². The molecule has 0 heterocycles. The second-order valence-corrected chi connectivity index (χ2v) is 5.35. The van der Waals surface area contributed by atoms with Gasteiger partial charge in [0.05, 0.1) is 0 Å². The lowest BCUT2D eigenvalue weighted by Gasteiger charge is -2.27. The van der Waals surface area contributed by atoms with Crippen molar-refractivity contribution >= 4 is 11.9 Å². The summed E-state index contributed by atoms with van der Waals surface area (Å²) in [5.41, 5.74) is -0.175. The van der Waals surface area contributed by atoms with Crippen molar-refractivity contribution in [1.82, 2.24) is 5.32 Å². The minimum Gasteiger partial charge on any atom is -0.480 e. The Kier molecular flexibility index (Phi) is 5.93. The van der Waals surface area contributed by atoms with Gasteiger partial charge in [0.25, 0.3) is 0 Å². The standard InChI is InChI=1S/C13H23NO3/c1-6-7-8-10(12(16)17)14-11(15)9(2)13(3,4)5/h6,9-10H,1,7-8H2,2-5H3,(H,14,15)(H,16,17). The molecule has 0 bridgehead atoms. The third kappa shape index (κ3) is 5.52. The molecule has 4 heteroatoms. The normalized spacial score (nSPS) is 14.8. The van der Waals surface area contributed by atoms with Crippen LogP contribution in [0.1, 0.15) is 40.5 Å². The monoisotopic (exact) mass is 241 g/mol. The molecule has 2 unspecified atom stereocenters. The number of hydrogen-bond donors (Lipinski definition) is 2. The van der Waals surface area contributed by atoms with Gasteiger partial charge < -0.3 is 10.4 Å². The van der Waals surface area contributed by atoms with Gasteiger partial charge in [-0.2, -0.15) is 0 Å². The second kappa shape index (κ2) is 6.42. The quantitative estimate of drug-likeness (QED) is 0.701. The van der Waals surface area contributed by atoms with Crippen LogP contribution in [0.15, 0.2) is 12.7 Å². The molecule has 0 radical (unpaired) electrons. The molecular formula is C13H23NO3. The maximum Gasteiger partial charge on any atom is 0.326 e. The number of amides is 1. The van der Waals surface area contributed by atoms with Crippen LogP contribution in [0.2, 0.25) is 0 Å². The van der Waals surface area contributed by atoms with Crippen molar-refractivity contribution in [2.45, 2.75) is 46.6 Å². The van der Waals surface area contributed by atoms with Crippen molar-refractivity contribution in [2.24, 2.45) is 11.3 Å². The van der Waals surface area contributed by atoms with Crippen LogP contribution in [0.5, 0.6) is 0 Å². The fourth-order valence-corrected chi connectivity index (χ4v) is 1.23. The summed E-state index contributed by atoms with van der Waals surface area (Å²) >= 11 is 0. The average Bonchev–Trinajstić information content (AvgIpc) is 2.20. The third-order valence-corrected chi connectivity index (χ3v) is 2.97. The number of aliphatic carboxylic acids is 1. The van der Waals surface area contributed by atoms with Crippen LogP contribution in [0.25, 0.3) is 0 Å². The summed E-state index contributed by atoms with van der Waals surface area (Å²) in [4.78, 5) is 22.8. The Morgan fingerprint density at radius 1 is 1.41 bits per heavy atom. The van der Waals surface area contributed by atoms with Crippen molar-refractivity contribution < 1.29 is 14.7 Å². The van der Waals surface area contributed by atoms with E-state index in [0.29, 0.717) is 12.8 Å². The zero-order valence-electron chi connectivity index (χ0n) is 11.1. The molecule has 17 heavy (non-hydrogen) atoms. The van der Waals surface area contributed by atoms with Gasteiger partial charge >= 0.3 is 5.97 Å². The summed E-state index contributed by atoms with van der Waals surface area (Å²) < 4.78 is 0. The number of carboxylic acids is 1. The zero-order valence-corrected chi connectivity index (χ0v) is 11.1. The van der Waals surface area contributed by atoms with Crippen LogP contribution in [-0.4, -0.2) is 23.0 Å². The van der Waals surface area contributed by atoms with Gasteiger partial charge in [-0.3, -0.25) is 4.79 Å².